The molecule has 3 heterocycles. The fourth-order valence-electron chi connectivity index (χ4n) is 4.50. The predicted molar refractivity (Wildman–Crippen MR) is 126 cm³/mol. The van der Waals surface area contributed by atoms with Crippen molar-refractivity contribution in [2.24, 2.45) is 5.92 Å². The SMILES string of the molecule is O=C(Nc1ccc2c(c1)OCCO2)C1CCN(C(=O)c2ccc(-c3noc(C4CC4)n3)cc2)CC1. The molecular weight excluding hydrogens is 448 g/mol. The second-order valence-corrected chi connectivity index (χ2v) is 9.22. The maximum atomic E-state index is 13.0. The number of hydrogen-bond donors (Lipinski definition) is 1. The summed E-state index contributed by atoms with van der Waals surface area (Å²) in [7, 11) is 0. The Labute approximate surface area is 202 Å². The van der Waals surface area contributed by atoms with Gasteiger partial charge in [-0.15, -0.1) is 0 Å². The quantitative estimate of drug-likeness (QED) is 0.598. The molecule has 9 nitrogen and oxygen atoms in total. The van der Waals surface area contributed by atoms with Crippen molar-refractivity contribution in [2.45, 2.75) is 31.6 Å². The molecule has 180 valence electrons. The van der Waals surface area contributed by atoms with Gasteiger partial charge in [0.05, 0.1) is 0 Å². The van der Waals surface area contributed by atoms with Gasteiger partial charge in [0.25, 0.3) is 5.91 Å². The van der Waals surface area contributed by atoms with Gasteiger partial charge in [0.1, 0.15) is 13.2 Å². The average Bonchev–Trinajstić information content (AvgIpc) is 3.64. The van der Waals surface area contributed by atoms with Crippen LogP contribution in [0, 0.1) is 5.92 Å². The largest absolute Gasteiger partial charge is 0.486 e. The molecule has 35 heavy (non-hydrogen) atoms. The number of aromatic nitrogens is 2. The molecule has 1 aromatic heterocycles. The van der Waals surface area contributed by atoms with Crippen LogP contribution in [0.4, 0.5) is 5.69 Å². The van der Waals surface area contributed by atoms with E-state index in [-0.39, 0.29) is 17.7 Å². The number of rotatable bonds is 5. The first-order valence-corrected chi connectivity index (χ1v) is 12.1. The number of piperidine rings is 1. The number of hydrogen-bond acceptors (Lipinski definition) is 7. The molecule has 2 fully saturated rings. The number of carbonyl (C=O) groups is 2. The van der Waals surface area contributed by atoms with Gasteiger partial charge < -0.3 is 24.2 Å². The number of nitrogens with zero attached hydrogens (tertiary/aromatic N) is 3. The summed E-state index contributed by atoms with van der Waals surface area (Å²) in [6.45, 7) is 2.10. The third kappa shape index (κ3) is 4.58. The summed E-state index contributed by atoms with van der Waals surface area (Å²) < 4.78 is 16.4. The Bertz CT molecular complexity index is 1240. The van der Waals surface area contributed by atoms with Crippen LogP contribution in [-0.2, 0) is 4.79 Å². The minimum absolute atomic E-state index is 0.0333. The van der Waals surface area contributed by atoms with Gasteiger partial charge >= 0.3 is 0 Å². The van der Waals surface area contributed by atoms with Crippen LogP contribution in [0.3, 0.4) is 0 Å². The van der Waals surface area contributed by atoms with Crippen molar-refractivity contribution in [2.75, 3.05) is 31.6 Å². The minimum atomic E-state index is -0.145. The number of ether oxygens (including phenoxy) is 2. The van der Waals surface area contributed by atoms with Crippen molar-refractivity contribution in [1.82, 2.24) is 15.0 Å². The van der Waals surface area contributed by atoms with Crippen LogP contribution >= 0.6 is 0 Å². The lowest BCUT2D eigenvalue weighted by atomic mass is 9.95. The molecule has 0 spiro atoms. The lowest BCUT2D eigenvalue weighted by Gasteiger charge is -2.31. The molecule has 1 saturated heterocycles. The number of amides is 2. The smallest absolute Gasteiger partial charge is 0.253 e. The van der Waals surface area contributed by atoms with E-state index in [9.17, 15) is 9.59 Å². The first-order chi connectivity index (χ1) is 17.1. The van der Waals surface area contributed by atoms with Crippen LogP contribution < -0.4 is 14.8 Å². The van der Waals surface area contributed by atoms with Gasteiger partial charge in [0, 0.05) is 47.8 Å². The lowest BCUT2D eigenvalue weighted by molar-refractivity contribution is -0.121. The Kier molecular flexibility index (Phi) is 5.60. The molecule has 0 unspecified atom stereocenters. The zero-order valence-electron chi connectivity index (χ0n) is 19.2. The van der Waals surface area contributed by atoms with Gasteiger partial charge in [-0.25, -0.2) is 0 Å². The van der Waals surface area contributed by atoms with E-state index in [0.717, 1.165) is 18.4 Å². The van der Waals surface area contributed by atoms with Crippen LogP contribution in [0.2, 0.25) is 0 Å². The number of likely N-dealkylation sites (tertiary alicyclic amines) is 1. The van der Waals surface area contributed by atoms with Crippen LogP contribution in [0.25, 0.3) is 11.4 Å². The van der Waals surface area contributed by atoms with Crippen molar-refractivity contribution in [1.29, 1.82) is 0 Å². The van der Waals surface area contributed by atoms with E-state index < -0.39 is 0 Å². The number of anilines is 1. The van der Waals surface area contributed by atoms with E-state index in [1.54, 1.807) is 24.3 Å². The Balaban J connectivity index is 1.03. The summed E-state index contributed by atoms with van der Waals surface area (Å²) in [6, 6.07) is 12.7. The third-order valence-corrected chi connectivity index (χ3v) is 6.72. The molecule has 1 aliphatic carbocycles. The van der Waals surface area contributed by atoms with Gasteiger partial charge in [0.15, 0.2) is 11.5 Å². The molecule has 6 rings (SSSR count). The van der Waals surface area contributed by atoms with Crippen LogP contribution in [0.15, 0.2) is 47.0 Å². The second-order valence-electron chi connectivity index (χ2n) is 9.22. The molecule has 0 atom stereocenters. The zero-order valence-corrected chi connectivity index (χ0v) is 19.2. The fraction of sp³-hybridized carbons (Fsp3) is 0.385. The monoisotopic (exact) mass is 474 g/mol. The number of carbonyl (C=O) groups excluding carboxylic acids is 2. The van der Waals surface area contributed by atoms with Gasteiger partial charge in [-0.1, -0.05) is 17.3 Å². The Morgan fingerprint density at radius 1 is 0.914 bits per heavy atom. The van der Waals surface area contributed by atoms with E-state index in [1.807, 2.05) is 23.1 Å². The van der Waals surface area contributed by atoms with Gasteiger partial charge in [-0.2, -0.15) is 4.98 Å². The third-order valence-electron chi connectivity index (χ3n) is 6.72. The topological polar surface area (TPSA) is 107 Å². The first kappa shape index (κ1) is 21.6. The van der Waals surface area contributed by atoms with Crippen LogP contribution in [-0.4, -0.2) is 53.2 Å². The Morgan fingerprint density at radius 3 is 2.40 bits per heavy atom. The molecule has 3 aliphatic rings. The highest BCUT2D eigenvalue weighted by Gasteiger charge is 2.30. The van der Waals surface area contributed by atoms with E-state index in [1.165, 1.54) is 0 Å². The summed E-state index contributed by atoms with van der Waals surface area (Å²) in [5.41, 5.74) is 2.12. The highest BCUT2D eigenvalue weighted by molar-refractivity contribution is 5.95. The van der Waals surface area contributed by atoms with Crippen molar-refractivity contribution in [3.63, 3.8) is 0 Å². The maximum Gasteiger partial charge on any atom is 0.253 e. The minimum Gasteiger partial charge on any atom is -0.486 e. The molecule has 1 N–H and O–H groups in total. The van der Waals surface area contributed by atoms with Gasteiger partial charge in [0.2, 0.25) is 17.6 Å². The van der Waals surface area contributed by atoms with Crippen molar-refractivity contribution in [3.8, 4) is 22.9 Å². The number of fused-ring (bicyclic) bond motifs is 1. The van der Waals surface area contributed by atoms with E-state index in [4.69, 9.17) is 14.0 Å². The van der Waals surface area contributed by atoms with Crippen molar-refractivity contribution in [3.05, 3.63) is 53.9 Å². The average molecular weight is 475 g/mol. The Hall–Kier alpha value is -3.88. The highest BCUT2D eigenvalue weighted by Crippen LogP contribution is 2.39. The molecular formula is C26H26N4O5. The number of nitrogens with one attached hydrogen (secondary N) is 1. The van der Waals surface area contributed by atoms with Gasteiger partial charge in [-0.3, -0.25) is 9.59 Å². The maximum absolute atomic E-state index is 13.0. The summed E-state index contributed by atoms with van der Waals surface area (Å²) in [5, 5.41) is 7.03. The fourth-order valence-corrected chi connectivity index (χ4v) is 4.50. The van der Waals surface area contributed by atoms with E-state index in [0.29, 0.717) is 79.5 Å². The van der Waals surface area contributed by atoms with Crippen LogP contribution in [0.1, 0.15) is 47.8 Å². The molecule has 9 heteroatoms. The van der Waals surface area contributed by atoms with E-state index in [2.05, 4.69) is 15.5 Å². The molecule has 2 amide bonds. The second kappa shape index (κ2) is 9.05. The molecule has 2 aromatic carbocycles. The first-order valence-electron chi connectivity index (χ1n) is 12.1. The van der Waals surface area contributed by atoms with Crippen LogP contribution in [0.5, 0.6) is 11.5 Å². The molecule has 2 aliphatic heterocycles. The predicted octanol–water partition coefficient (Wildman–Crippen LogP) is 3.88. The lowest BCUT2D eigenvalue weighted by Crippen LogP contribution is -2.41. The van der Waals surface area contributed by atoms with Crippen molar-refractivity contribution < 1.29 is 23.6 Å². The molecule has 1 saturated carbocycles. The summed E-state index contributed by atoms with van der Waals surface area (Å²) >= 11 is 0. The van der Waals surface area contributed by atoms with E-state index >= 15 is 0 Å². The normalized spacial score (nSPS) is 17.8. The summed E-state index contributed by atoms with van der Waals surface area (Å²) in [5.74, 6) is 2.77. The standard InChI is InChI=1S/C26H26N4O5/c31-24(27-20-7-8-21-22(15-20)34-14-13-33-21)17-9-11-30(12-10-17)26(32)19-5-1-16(2-6-19)23-28-25(35-29-23)18-3-4-18/h1-2,5-8,15,17-18H,3-4,9-14H2,(H,27,31). The Morgan fingerprint density at radius 2 is 1.66 bits per heavy atom. The molecule has 3 aromatic rings. The number of benzene rings is 2. The summed E-state index contributed by atoms with van der Waals surface area (Å²) in [4.78, 5) is 32.1. The molecule has 0 bridgehead atoms. The van der Waals surface area contributed by atoms with Crippen molar-refractivity contribution >= 4 is 17.5 Å². The zero-order chi connectivity index (χ0) is 23.8. The van der Waals surface area contributed by atoms with Gasteiger partial charge in [-0.05, 0) is 49.9 Å². The highest BCUT2D eigenvalue weighted by atomic mass is 16.6. The molecule has 0 radical (unpaired) electrons. The summed E-state index contributed by atoms with van der Waals surface area (Å²) in [6.07, 6.45) is 3.44.